The number of carbonyl (C=O) groups excluding carboxylic acids is 1. The van der Waals surface area contributed by atoms with Crippen LogP contribution in [0.4, 0.5) is 0 Å². The second-order valence-corrected chi connectivity index (χ2v) is 6.50. The van der Waals surface area contributed by atoms with Crippen molar-refractivity contribution in [2.24, 2.45) is 0 Å². The fourth-order valence-electron chi connectivity index (χ4n) is 3.30. The van der Waals surface area contributed by atoms with Crippen LogP contribution in [0.1, 0.15) is 46.9 Å². The van der Waals surface area contributed by atoms with Gasteiger partial charge in [0.05, 0.1) is 6.04 Å². The van der Waals surface area contributed by atoms with E-state index < -0.39 is 0 Å². The number of piperidine rings is 1. The van der Waals surface area contributed by atoms with Gasteiger partial charge in [-0.3, -0.25) is 19.5 Å². The predicted octanol–water partition coefficient (Wildman–Crippen LogP) is 2.04. The number of carbonyl (C=O) groups is 1. The molecule has 6 heteroatoms. The van der Waals surface area contributed by atoms with Crippen molar-refractivity contribution in [2.45, 2.75) is 32.2 Å². The molecule has 6 nitrogen and oxygen atoms in total. The summed E-state index contributed by atoms with van der Waals surface area (Å²) in [6.07, 6.45) is 8.67. The van der Waals surface area contributed by atoms with Crippen molar-refractivity contribution in [3.05, 3.63) is 63.8 Å². The van der Waals surface area contributed by atoms with Gasteiger partial charge in [-0.15, -0.1) is 0 Å². The van der Waals surface area contributed by atoms with E-state index in [9.17, 15) is 9.59 Å². The topological polar surface area (TPSA) is 78.1 Å². The van der Waals surface area contributed by atoms with Crippen LogP contribution in [-0.4, -0.2) is 40.4 Å². The zero-order chi connectivity index (χ0) is 17.6. The lowest BCUT2D eigenvalue weighted by atomic mass is 10.0. The highest BCUT2D eigenvalue weighted by molar-refractivity contribution is 5.93. The van der Waals surface area contributed by atoms with Crippen molar-refractivity contribution in [1.29, 1.82) is 0 Å². The molecule has 3 heterocycles. The summed E-state index contributed by atoms with van der Waals surface area (Å²) >= 11 is 0. The van der Waals surface area contributed by atoms with Crippen molar-refractivity contribution in [2.75, 3.05) is 19.6 Å². The van der Waals surface area contributed by atoms with Gasteiger partial charge in [0, 0.05) is 36.9 Å². The summed E-state index contributed by atoms with van der Waals surface area (Å²) in [6.45, 7) is 4.27. The van der Waals surface area contributed by atoms with Gasteiger partial charge in [-0.05, 0) is 44.5 Å². The Morgan fingerprint density at radius 1 is 1.36 bits per heavy atom. The smallest absolute Gasteiger partial charge is 0.256 e. The van der Waals surface area contributed by atoms with Crippen LogP contribution in [0, 0.1) is 6.92 Å². The van der Waals surface area contributed by atoms with Gasteiger partial charge < -0.3 is 10.3 Å². The third kappa shape index (κ3) is 4.33. The monoisotopic (exact) mass is 340 g/mol. The Balaban J connectivity index is 1.74. The van der Waals surface area contributed by atoms with E-state index in [-0.39, 0.29) is 22.9 Å². The molecule has 0 saturated carbocycles. The Morgan fingerprint density at radius 3 is 2.84 bits per heavy atom. The number of nitrogens with zero attached hydrogens (tertiary/aromatic N) is 2. The van der Waals surface area contributed by atoms with Crippen LogP contribution in [0.15, 0.2) is 41.6 Å². The molecule has 1 aliphatic heterocycles. The van der Waals surface area contributed by atoms with E-state index in [4.69, 9.17) is 0 Å². The molecule has 3 rings (SSSR count). The second kappa shape index (κ2) is 8.07. The van der Waals surface area contributed by atoms with Gasteiger partial charge in [0.1, 0.15) is 5.56 Å². The van der Waals surface area contributed by atoms with Crippen molar-refractivity contribution in [3.63, 3.8) is 0 Å². The Bertz CT molecular complexity index is 766. The molecule has 25 heavy (non-hydrogen) atoms. The first-order valence-electron chi connectivity index (χ1n) is 8.76. The van der Waals surface area contributed by atoms with Crippen LogP contribution in [0.5, 0.6) is 0 Å². The first-order valence-corrected chi connectivity index (χ1v) is 8.76. The van der Waals surface area contributed by atoms with Gasteiger partial charge in [-0.2, -0.15) is 0 Å². The number of aromatic amines is 1. The van der Waals surface area contributed by atoms with Crippen LogP contribution in [0.25, 0.3) is 0 Å². The average Bonchev–Trinajstić information content (AvgIpc) is 2.63. The maximum Gasteiger partial charge on any atom is 0.256 e. The largest absolute Gasteiger partial charge is 0.364 e. The Morgan fingerprint density at radius 2 is 2.16 bits per heavy atom. The number of hydrogen-bond donors (Lipinski definition) is 2. The minimum absolute atomic E-state index is 0.0717. The number of rotatable bonds is 5. The summed E-state index contributed by atoms with van der Waals surface area (Å²) in [7, 11) is 0. The van der Waals surface area contributed by atoms with E-state index in [0.29, 0.717) is 6.54 Å². The van der Waals surface area contributed by atoms with E-state index in [1.165, 1.54) is 31.5 Å². The Hall–Kier alpha value is -2.47. The molecule has 0 bridgehead atoms. The number of aromatic nitrogens is 2. The minimum Gasteiger partial charge on any atom is -0.364 e. The van der Waals surface area contributed by atoms with Crippen molar-refractivity contribution < 1.29 is 4.79 Å². The quantitative estimate of drug-likeness (QED) is 0.873. The molecule has 0 radical (unpaired) electrons. The first kappa shape index (κ1) is 17.4. The number of H-pyrrole nitrogens is 1. The summed E-state index contributed by atoms with van der Waals surface area (Å²) < 4.78 is 0. The van der Waals surface area contributed by atoms with Gasteiger partial charge >= 0.3 is 0 Å². The van der Waals surface area contributed by atoms with Crippen LogP contribution >= 0.6 is 0 Å². The van der Waals surface area contributed by atoms with Gasteiger partial charge in [0.25, 0.3) is 5.91 Å². The zero-order valence-corrected chi connectivity index (χ0v) is 14.5. The van der Waals surface area contributed by atoms with Gasteiger partial charge in [-0.1, -0.05) is 12.5 Å². The predicted molar refractivity (Wildman–Crippen MR) is 96.5 cm³/mol. The molecule has 1 saturated heterocycles. The molecule has 2 aromatic rings. The molecular formula is C19H24N4O2. The third-order valence-corrected chi connectivity index (χ3v) is 4.66. The summed E-state index contributed by atoms with van der Waals surface area (Å²) in [6, 6.07) is 5.47. The number of likely N-dealkylation sites (tertiary alicyclic amines) is 1. The number of pyridine rings is 2. The Kier molecular flexibility index (Phi) is 5.60. The number of nitrogens with one attached hydrogen (secondary N) is 2. The highest BCUT2D eigenvalue weighted by Crippen LogP contribution is 2.23. The minimum atomic E-state index is -0.341. The molecule has 2 N–H and O–H groups in total. The molecule has 2 aromatic heterocycles. The number of amides is 1. The molecule has 0 aliphatic carbocycles. The molecule has 1 fully saturated rings. The maximum absolute atomic E-state index is 12.4. The number of aryl methyl sites for hydroxylation is 1. The molecule has 132 valence electrons. The molecular weight excluding hydrogens is 316 g/mol. The standard InChI is InChI=1S/C19H24N4O2/c1-14-10-18(24)16(12-21-14)19(25)22-13-17(15-6-5-7-20-11-15)23-8-3-2-4-9-23/h5-7,10-12,17H,2-4,8-9,13H2,1H3,(H,21,24)(H,22,25)/t17-/m0/s1. The van der Waals surface area contributed by atoms with Crippen LogP contribution in [-0.2, 0) is 0 Å². The van der Waals surface area contributed by atoms with Crippen LogP contribution in [0.2, 0.25) is 0 Å². The van der Waals surface area contributed by atoms with E-state index in [2.05, 4.69) is 20.2 Å². The second-order valence-electron chi connectivity index (χ2n) is 6.50. The van der Waals surface area contributed by atoms with E-state index in [0.717, 1.165) is 24.3 Å². The lowest BCUT2D eigenvalue weighted by Crippen LogP contribution is -2.41. The van der Waals surface area contributed by atoms with Crippen molar-refractivity contribution in [3.8, 4) is 0 Å². The fourth-order valence-corrected chi connectivity index (χ4v) is 3.30. The van der Waals surface area contributed by atoms with E-state index in [1.807, 2.05) is 18.3 Å². The lowest BCUT2D eigenvalue weighted by Gasteiger charge is -2.34. The normalized spacial score (nSPS) is 16.4. The van der Waals surface area contributed by atoms with Crippen LogP contribution in [0.3, 0.4) is 0 Å². The molecule has 1 atom stereocenters. The summed E-state index contributed by atoms with van der Waals surface area (Å²) in [5, 5.41) is 2.93. The SMILES string of the molecule is Cc1cc(=O)c(C(=O)NC[C@@H](c2cccnc2)N2CCCCC2)c[nH]1. The van der Waals surface area contributed by atoms with Crippen LogP contribution < -0.4 is 10.7 Å². The third-order valence-electron chi connectivity index (χ3n) is 4.66. The summed E-state index contributed by atoms with van der Waals surface area (Å²) in [5.74, 6) is -0.341. The maximum atomic E-state index is 12.4. The number of hydrogen-bond acceptors (Lipinski definition) is 4. The van der Waals surface area contributed by atoms with E-state index >= 15 is 0 Å². The first-order chi connectivity index (χ1) is 12.1. The highest BCUT2D eigenvalue weighted by atomic mass is 16.2. The van der Waals surface area contributed by atoms with Gasteiger partial charge in [0.15, 0.2) is 5.43 Å². The zero-order valence-electron chi connectivity index (χ0n) is 14.5. The van der Waals surface area contributed by atoms with Crippen molar-refractivity contribution >= 4 is 5.91 Å². The molecule has 0 unspecified atom stereocenters. The summed E-state index contributed by atoms with van der Waals surface area (Å²) in [4.78, 5) is 34.0. The fraction of sp³-hybridized carbons (Fsp3) is 0.421. The lowest BCUT2D eigenvalue weighted by molar-refractivity contribution is 0.0923. The molecule has 1 aliphatic rings. The van der Waals surface area contributed by atoms with E-state index in [1.54, 1.807) is 13.1 Å². The summed E-state index contributed by atoms with van der Waals surface area (Å²) in [5.41, 5.74) is 1.71. The molecule has 1 amide bonds. The molecule has 0 aromatic carbocycles. The molecule has 0 spiro atoms. The van der Waals surface area contributed by atoms with Crippen molar-refractivity contribution in [1.82, 2.24) is 20.2 Å². The van der Waals surface area contributed by atoms with Gasteiger partial charge in [-0.25, -0.2) is 0 Å². The average molecular weight is 340 g/mol. The highest BCUT2D eigenvalue weighted by Gasteiger charge is 2.23. The van der Waals surface area contributed by atoms with Gasteiger partial charge in [0.2, 0.25) is 0 Å². The Labute approximate surface area is 147 Å².